The Morgan fingerprint density at radius 2 is 2.00 bits per heavy atom. The van der Waals surface area contributed by atoms with Crippen molar-refractivity contribution in [3.63, 3.8) is 0 Å². The molecule has 5 heteroatoms. The van der Waals surface area contributed by atoms with Crippen LogP contribution in [0.1, 0.15) is 19.8 Å². The SMILES string of the molecule is CCC[C@@H]1[C@H](C(=O)O)[C@H]1[C@H](N)C(=O)O. The van der Waals surface area contributed by atoms with E-state index in [4.69, 9.17) is 15.9 Å². The molecule has 1 aliphatic rings. The summed E-state index contributed by atoms with van der Waals surface area (Å²) >= 11 is 0. The Morgan fingerprint density at radius 3 is 2.36 bits per heavy atom. The lowest BCUT2D eigenvalue weighted by atomic mass is 10.1. The third kappa shape index (κ3) is 1.87. The largest absolute Gasteiger partial charge is 0.481 e. The smallest absolute Gasteiger partial charge is 0.320 e. The highest BCUT2D eigenvalue weighted by Gasteiger charge is 2.58. The summed E-state index contributed by atoms with van der Waals surface area (Å²) < 4.78 is 0. The van der Waals surface area contributed by atoms with Gasteiger partial charge in [0.05, 0.1) is 5.92 Å². The van der Waals surface area contributed by atoms with E-state index in [-0.39, 0.29) is 11.8 Å². The summed E-state index contributed by atoms with van der Waals surface area (Å²) in [5, 5.41) is 17.5. The number of rotatable bonds is 5. The highest BCUT2D eigenvalue weighted by Crippen LogP contribution is 2.50. The van der Waals surface area contributed by atoms with Gasteiger partial charge in [-0.05, 0) is 12.3 Å². The minimum Gasteiger partial charge on any atom is -0.481 e. The van der Waals surface area contributed by atoms with Crippen LogP contribution in [0, 0.1) is 17.8 Å². The average Bonchev–Trinajstić information content (AvgIpc) is 2.78. The fraction of sp³-hybridized carbons (Fsp3) is 0.778. The predicted molar refractivity (Wildman–Crippen MR) is 48.6 cm³/mol. The lowest BCUT2D eigenvalue weighted by Crippen LogP contribution is -2.34. The first-order chi connectivity index (χ1) is 6.50. The van der Waals surface area contributed by atoms with Crippen LogP contribution in [-0.2, 0) is 9.59 Å². The molecule has 0 spiro atoms. The van der Waals surface area contributed by atoms with Crippen LogP contribution < -0.4 is 5.73 Å². The molecule has 0 aromatic heterocycles. The predicted octanol–water partition coefficient (Wildman–Crippen LogP) is 0.145. The van der Waals surface area contributed by atoms with E-state index in [9.17, 15) is 9.59 Å². The zero-order valence-corrected chi connectivity index (χ0v) is 8.01. The maximum absolute atomic E-state index is 10.7. The Hall–Kier alpha value is -1.10. The number of carbonyl (C=O) groups is 2. The van der Waals surface area contributed by atoms with Gasteiger partial charge in [-0.1, -0.05) is 13.3 Å². The van der Waals surface area contributed by atoms with E-state index in [2.05, 4.69) is 0 Å². The van der Waals surface area contributed by atoms with Gasteiger partial charge in [-0.3, -0.25) is 9.59 Å². The van der Waals surface area contributed by atoms with Crippen molar-refractivity contribution in [2.75, 3.05) is 0 Å². The number of aliphatic carboxylic acids is 2. The van der Waals surface area contributed by atoms with E-state index in [1.54, 1.807) is 0 Å². The molecule has 0 saturated heterocycles. The van der Waals surface area contributed by atoms with Gasteiger partial charge < -0.3 is 15.9 Å². The van der Waals surface area contributed by atoms with Crippen LogP contribution in [0.2, 0.25) is 0 Å². The van der Waals surface area contributed by atoms with Gasteiger partial charge in [0.15, 0.2) is 0 Å². The van der Waals surface area contributed by atoms with Gasteiger partial charge in [0, 0.05) is 5.92 Å². The molecular weight excluding hydrogens is 186 g/mol. The molecule has 0 aromatic carbocycles. The fourth-order valence-corrected chi connectivity index (χ4v) is 2.11. The van der Waals surface area contributed by atoms with Crippen molar-refractivity contribution in [1.29, 1.82) is 0 Å². The Kier molecular flexibility index (Phi) is 3.10. The molecule has 0 bridgehead atoms. The Morgan fingerprint density at radius 1 is 1.43 bits per heavy atom. The van der Waals surface area contributed by atoms with E-state index >= 15 is 0 Å². The third-order valence-corrected chi connectivity index (χ3v) is 2.84. The van der Waals surface area contributed by atoms with E-state index in [0.29, 0.717) is 0 Å². The number of carboxylic acid groups (broad SMARTS) is 2. The first-order valence-electron chi connectivity index (χ1n) is 4.71. The first kappa shape index (κ1) is 11.0. The monoisotopic (exact) mass is 201 g/mol. The van der Waals surface area contributed by atoms with Crippen LogP contribution in [-0.4, -0.2) is 28.2 Å². The highest BCUT2D eigenvalue weighted by molar-refractivity contribution is 5.80. The normalized spacial score (nSPS) is 32.3. The number of carboxylic acids is 2. The molecule has 1 saturated carbocycles. The Labute approximate surface area is 81.9 Å². The summed E-state index contributed by atoms with van der Waals surface area (Å²) in [4.78, 5) is 21.3. The topological polar surface area (TPSA) is 101 Å². The molecule has 1 aliphatic carbocycles. The second-order valence-corrected chi connectivity index (χ2v) is 3.76. The number of nitrogens with two attached hydrogens (primary N) is 1. The molecule has 0 amide bonds. The maximum atomic E-state index is 10.7. The molecule has 0 radical (unpaired) electrons. The van der Waals surface area contributed by atoms with Gasteiger partial charge in [0.25, 0.3) is 0 Å². The molecule has 14 heavy (non-hydrogen) atoms. The summed E-state index contributed by atoms with van der Waals surface area (Å²) in [7, 11) is 0. The minimum atomic E-state index is -1.11. The summed E-state index contributed by atoms with van der Waals surface area (Å²) in [5.41, 5.74) is 5.41. The van der Waals surface area contributed by atoms with E-state index in [1.165, 1.54) is 0 Å². The Balaban J connectivity index is 2.62. The van der Waals surface area contributed by atoms with Crippen LogP contribution in [0.4, 0.5) is 0 Å². The van der Waals surface area contributed by atoms with Gasteiger partial charge in [-0.25, -0.2) is 0 Å². The van der Waals surface area contributed by atoms with Crippen molar-refractivity contribution in [2.45, 2.75) is 25.8 Å². The zero-order valence-electron chi connectivity index (χ0n) is 8.01. The van der Waals surface area contributed by atoms with Gasteiger partial charge in [-0.2, -0.15) is 0 Å². The van der Waals surface area contributed by atoms with Crippen molar-refractivity contribution in [3.05, 3.63) is 0 Å². The minimum absolute atomic E-state index is 0.0522. The van der Waals surface area contributed by atoms with Crippen molar-refractivity contribution >= 4 is 11.9 Å². The fourth-order valence-electron chi connectivity index (χ4n) is 2.11. The summed E-state index contributed by atoms with van der Waals surface area (Å²) in [6.45, 7) is 1.95. The second kappa shape index (κ2) is 3.96. The first-order valence-corrected chi connectivity index (χ1v) is 4.71. The molecule has 0 unspecified atom stereocenters. The van der Waals surface area contributed by atoms with Crippen LogP contribution in [0.25, 0.3) is 0 Å². The number of hydrogen-bond acceptors (Lipinski definition) is 3. The van der Waals surface area contributed by atoms with Crippen LogP contribution >= 0.6 is 0 Å². The molecule has 0 aliphatic heterocycles. The van der Waals surface area contributed by atoms with Crippen LogP contribution in [0.3, 0.4) is 0 Å². The summed E-state index contributed by atoms with van der Waals surface area (Å²) in [5.74, 6) is -3.03. The lowest BCUT2D eigenvalue weighted by Gasteiger charge is -2.03. The van der Waals surface area contributed by atoms with E-state index in [0.717, 1.165) is 12.8 Å². The van der Waals surface area contributed by atoms with Gasteiger partial charge in [0.1, 0.15) is 6.04 Å². The second-order valence-electron chi connectivity index (χ2n) is 3.76. The third-order valence-electron chi connectivity index (χ3n) is 2.84. The zero-order chi connectivity index (χ0) is 10.9. The molecule has 0 heterocycles. The van der Waals surface area contributed by atoms with E-state index < -0.39 is 23.9 Å². The summed E-state index contributed by atoms with van der Waals surface area (Å²) in [6.07, 6.45) is 1.60. The molecule has 80 valence electrons. The van der Waals surface area contributed by atoms with Crippen molar-refractivity contribution in [2.24, 2.45) is 23.5 Å². The van der Waals surface area contributed by atoms with Crippen molar-refractivity contribution in [1.82, 2.24) is 0 Å². The van der Waals surface area contributed by atoms with Crippen molar-refractivity contribution in [3.8, 4) is 0 Å². The summed E-state index contributed by atoms with van der Waals surface area (Å²) in [6, 6.07) is -1.03. The molecule has 4 atom stereocenters. The highest BCUT2D eigenvalue weighted by atomic mass is 16.4. The molecule has 1 rings (SSSR count). The molecule has 4 N–H and O–H groups in total. The molecule has 5 nitrogen and oxygen atoms in total. The average molecular weight is 201 g/mol. The molecule has 0 aromatic rings. The maximum Gasteiger partial charge on any atom is 0.320 e. The van der Waals surface area contributed by atoms with Crippen LogP contribution in [0.15, 0.2) is 0 Å². The van der Waals surface area contributed by atoms with Crippen molar-refractivity contribution < 1.29 is 19.8 Å². The van der Waals surface area contributed by atoms with Crippen LogP contribution in [0.5, 0.6) is 0 Å². The lowest BCUT2D eigenvalue weighted by molar-refractivity contribution is -0.140. The van der Waals surface area contributed by atoms with E-state index in [1.807, 2.05) is 6.92 Å². The Bertz CT molecular complexity index is 253. The standard InChI is InChI=1S/C9H15NO4/c1-2-3-4-5(6(4)8(11)12)7(10)9(13)14/h4-7H,2-3,10H2,1H3,(H,11,12)(H,13,14)/t4-,5-,6-,7-/m0/s1. The molecular formula is C9H15NO4. The van der Waals surface area contributed by atoms with Gasteiger partial charge >= 0.3 is 11.9 Å². The number of hydrogen-bond donors (Lipinski definition) is 3. The molecule has 1 fully saturated rings. The van der Waals surface area contributed by atoms with Gasteiger partial charge in [0.2, 0.25) is 0 Å². The quantitative estimate of drug-likeness (QED) is 0.587. The van der Waals surface area contributed by atoms with Gasteiger partial charge in [-0.15, -0.1) is 0 Å².